The standard InChI is InChI=1S/C15H26O3/c1-6-14(4,17)10-8-12-15(5,18)11-7-9-13(2,3)16/h6-9,12,16-18H,1,10-11H2,2-5H3/t14-,15+/m1/s1. The molecule has 0 radical (unpaired) electrons. The molecule has 0 amide bonds. The second-order valence-electron chi connectivity index (χ2n) is 5.79. The van der Waals surface area contributed by atoms with Crippen molar-refractivity contribution in [1.29, 1.82) is 0 Å². The molecule has 0 aliphatic carbocycles. The highest BCUT2D eigenvalue weighted by molar-refractivity contribution is 5.08. The van der Waals surface area contributed by atoms with Gasteiger partial charge in [-0.25, -0.2) is 0 Å². The zero-order valence-corrected chi connectivity index (χ0v) is 11.8. The summed E-state index contributed by atoms with van der Waals surface area (Å²) >= 11 is 0. The third kappa shape index (κ3) is 9.16. The molecule has 104 valence electrons. The van der Waals surface area contributed by atoms with Gasteiger partial charge in [0.2, 0.25) is 0 Å². The number of hydrogen-bond acceptors (Lipinski definition) is 3. The third-order valence-electron chi connectivity index (χ3n) is 2.50. The molecule has 0 bridgehead atoms. The summed E-state index contributed by atoms with van der Waals surface area (Å²) in [6, 6.07) is 0. The summed E-state index contributed by atoms with van der Waals surface area (Å²) in [5.41, 5.74) is -2.80. The quantitative estimate of drug-likeness (QED) is 0.611. The predicted molar refractivity (Wildman–Crippen MR) is 75.3 cm³/mol. The van der Waals surface area contributed by atoms with Gasteiger partial charge in [-0.05, 0) is 40.5 Å². The predicted octanol–water partition coefficient (Wildman–Crippen LogP) is 2.34. The largest absolute Gasteiger partial charge is 0.386 e. The number of aliphatic hydroxyl groups is 3. The molecule has 0 aromatic rings. The fourth-order valence-corrected chi connectivity index (χ4v) is 1.29. The Balaban J connectivity index is 4.35. The third-order valence-corrected chi connectivity index (χ3v) is 2.50. The monoisotopic (exact) mass is 254 g/mol. The number of hydrogen-bond donors (Lipinski definition) is 3. The van der Waals surface area contributed by atoms with Crippen LogP contribution in [0.25, 0.3) is 0 Å². The summed E-state index contributed by atoms with van der Waals surface area (Å²) < 4.78 is 0. The SMILES string of the molecule is C=C[C@@](C)(O)CC=C[C@@](C)(O)CC=CC(C)(C)O. The second kappa shape index (κ2) is 6.32. The molecule has 0 rings (SSSR count). The molecule has 0 aromatic heterocycles. The summed E-state index contributed by atoms with van der Waals surface area (Å²) in [7, 11) is 0. The lowest BCUT2D eigenvalue weighted by atomic mass is 9.96. The topological polar surface area (TPSA) is 60.7 Å². The fraction of sp³-hybridized carbons (Fsp3) is 0.600. The van der Waals surface area contributed by atoms with Crippen LogP contribution in [0.2, 0.25) is 0 Å². The molecule has 0 aliphatic heterocycles. The molecule has 0 aliphatic rings. The van der Waals surface area contributed by atoms with Crippen LogP contribution in [0.15, 0.2) is 37.0 Å². The van der Waals surface area contributed by atoms with Crippen molar-refractivity contribution in [2.24, 2.45) is 0 Å². The minimum Gasteiger partial charge on any atom is -0.386 e. The van der Waals surface area contributed by atoms with E-state index in [2.05, 4.69) is 6.58 Å². The van der Waals surface area contributed by atoms with Gasteiger partial charge in [0.25, 0.3) is 0 Å². The first kappa shape index (κ1) is 17.1. The van der Waals surface area contributed by atoms with Crippen molar-refractivity contribution in [3.63, 3.8) is 0 Å². The van der Waals surface area contributed by atoms with Gasteiger partial charge >= 0.3 is 0 Å². The second-order valence-corrected chi connectivity index (χ2v) is 5.79. The first-order valence-electron chi connectivity index (χ1n) is 6.14. The van der Waals surface area contributed by atoms with Crippen LogP contribution in [0.4, 0.5) is 0 Å². The van der Waals surface area contributed by atoms with Crippen LogP contribution in [0.3, 0.4) is 0 Å². The van der Waals surface area contributed by atoms with Crippen LogP contribution in [0, 0.1) is 0 Å². The Morgan fingerprint density at radius 1 is 0.833 bits per heavy atom. The lowest BCUT2D eigenvalue weighted by Gasteiger charge is -2.20. The first-order chi connectivity index (χ1) is 7.97. The molecule has 0 unspecified atom stereocenters. The Bertz CT molecular complexity index is 317. The Hall–Kier alpha value is -0.900. The van der Waals surface area contributed by atoms with Crippen LogP contribution in [-0.4, -0.2) is 32.1 Å². The Labute approximate surface area is 110 Å². The van der Waals surface area contributed by atoms with Crippen LogP contribution >= 0.6 is 0 Å². The van der Waals surface area contributed by atoms with Gasteiger partial charge in [0.05, 0.1) is 16.8 Å². The highest BCUT2D eigenvalue weighted by Crippen LogP contribution is 2.17. The molecule has 3 N–H and O–H groups in total. The number of rotatable bonds is 7. The molecular formula is C15H26O3. The van der Waals surface area contributed by atoms with E-state index >= 15 is 0 Å². The maximum atomic E-state index is 10.1. The zero-order chi connectivity index (χ0) is 14.4. The van der Waals surface area contributed by atoms with E-state index < -0.39 is 16.8 Å². The van der Waals surface area contributed by atoms with Crippen LogP contribution < -0.4 is 0 Å². The van der Waals surface area contributed by atoms with E-state index in [0.717, 1.165) is 0 Å². The van der Waals surface area contributed by atoms with E-state index in [-0.39, 0.29) is 0 Å². The van der Waals surface area contributed by atoms with E-state index in [1.165, 1.54) is 6.08 Å². The Morgan fingerprint density at radius 3 is 1.72 bits per heavy atom. The van der Waals surface area contributed by atoms with Crippen LogP contribution in [-0.2, 0) is 0 Å². The maximum Gasteiger partial charge on any atom is 0.0833 e. The summed E-state index contributed by atoms with van der Waals surface area (Å²) in [6.07, 6.45) is 9.07. The van der Waals surface area contributed by atoms with Gasteiger partial charge in [0.15, 0.2) is 0 Å². The van der Waals surface area contributed by atoms with Crippen molar-refractivity contribution in [1.82, 2.24) is 0 Å². The van der Waals surface area contributed by atoms with Gasteiger partial charge in [-0.2, -0.15) is 0 Å². The van der Waals surface area contributed by atoms with Crippen molar-refractivity contribution < 1.29 is 15.3 Å². The average molecular weight is 254 g/mol. The molecular weight excluding hydrogens is 228 g/mol. The summed E-state index contributed by atoms with van der Waals surface area (Å²) in [5, 5.41) is 29.3. The van der Waals surface area contributed by atoms with E-state index in [0.29, 0.717) is 12.8 Å². The van der Waals surface area contributed by atoms with Gasteiger partial charge < -0.3 is 15.3 Å². The van der Waals surface area contributed by atoms with Gasteiger partial charge in [-0.15, -0.1) is 6.58 Å². The Kier molecular flexibility index (Phi) is 6.00. The lowest BCUT2D eigenvalue weighted by molar-refractivity contribution is 0.106. The normalized spacial score (nSPS) is 19.9. The molecule has 18 heavy (non-hydrogen) atoms. The molecule has 2 atom stereocenters. The molecule has 0 fully saturated rings. The lowest BCUT2D eigenvalue weighted by Crippen LogP contribution is -2.22. The van der Waals surface area contributed by atoms with E-state index in [4.69, 9.17) is 0 Å². The molecule has 0 aromatic carbocycles. The van der Waals surface area contributed by atoms with Crippen molar-refractivity contribution >= 4 is 0 Å². The molecule has 3 nitrogen and oxygen atoms in total. The highest BCUT2D eigenvalue weighted by atomic mass is 16.3. The minimum atomic E-state index is -0.987. The van der Waals surface area contributed by atoms with Gasteiger partial charge in [0, 0.05) is 0 Å². The summed E-state index contributed by atoms with van der Waals surface area (Å²) in [4.78, 5) is 0. The zero-order valence-electron chi connectivity index (χ0n) is 11.8. The Morgan fingerprint density at radius 2 is 1.28 bits per heavy atom. The van der Waals surface area contributed by atoms with Crippen LogP contribution in [0.5, 0.6) is 0 Å². The van der Waals surface area contributed by atoms with Gasteiger partial charge in [-0.1, -0.05) is 30.4 Å². The summed E-state index contributed by atoms with van der Waals surface area (Å²) in [5.74, 6) is 0. The molecule has 0 saturated carbocycles. The van der Waals surface area contributed by atoms with E-state index in [9.17, 15) is 15.3 Å². The fourth-order valence-electron chi connectivity index (χ4n) is 1.29. The molecule has 3 heteroatoms. The van der Waals surface area contributed by atoms with Crippen molar-refractivity contribution in [3.8, 4) is 0 Å². The highest BCUT2D eigenvalue weighted by Gasteiger charge is 2.17. The first-order valence-corrected chi connectivity index (χ1v) is 6.14. The van der Waals surface area contributed by atoms with Crippen LogP contribution in [0.1, 0.15) is 40.5 Å². The van der Waals surface area contributed by atoms with E-state index in [1.54, 1.807) is 52.0 Å². The summed E-state index contributed by atoms with van der Waals surface area (Å²) in [6.45, 7) is 10.2. The smallest absolute Gasteiger partial charge is 0.0833 e. The maximum absolute atomic E-state index is 10.1. The minimum absolute atomic E-state index is 0.405. The van der Waals surface area contributed by atoms with Gasteiger partial charge in [0.1, 0.15) is 0 Å². The van der Waals surface area contributed by atoms with Crippen molar-refractivity contribution in [3.05, 3.63) is 37.0 Å². The van der Waals surface area contributed by atoms with E-state index in [1.807, 2.05) is 0 Å². The molecule has 0 spiro atoms. The molecule has 0 heterocycles. The van der Waals surface area contributed by atoms with Crippen molar-refractivity contribution in [2.45, 2.75) is 57.3 Å². The van der Waals surface area contributed by atoms with Crippen molar-refractivity contribution in [2.75, 3.05) is 0 Å². The van der Waals surface area contributed by atoms with Gasteiger partial charge in [-0.3, -0.25) is 0 Å². The average Bonchev–Trinajstić information content (AvgIpc) is 2.14. The molecule has 0 saturated heterocycles.